The molecular formula is C16H20S. The van der Waals surface area contributed by atoms with Gasteiger partial charge in [-0.1, -0.05) is 30.3 Å². The topological polar surface area (TPSA) is 0 Å². The van der Waals surface area contributed by atoms with Crippen molar-refractivity contribution in [1.29, 1.82) is 0 Å². The highest BCUT2D eigenvalue weighted by atomic mass is 32.1. The summed E-state index contributed by atoms with van der Waals surface area (Å²) < 4.78 is 0. The van der Waals surface area contributed by atoms with E-state index in [0.29, 0.717) is 0 Å². The van der Waals surface area contributed by atoms with Gasteiger partial charge in [-0.3, -0.25) is 0 Å². The summed E-state index contributed by atoms with van der Waals surface area (Å²) in [7, 11) is 0. The molecule has 0 aromatic heterocycles. The zero-order valence-corrected chi connectivity index (χ0v) is 11.9. The van der Waals surface area contributed by atoms with Crippen LogP contribution in [-0.2, 0) is 0 Å². The summed E-state index contributed by atoms with van der Waals surface area (Å²) in [4.78, 5) is 1.02. The molecule has 90 valence electrons. The van der Waals surface area contributed by atoms with Gasteiger partial charge in [0.25, 0.3) is 0 Å². The predicted molar refractivity (Wildman–Crippen MR) is 79.1 cm³/mol. The van der Waals surface area contributed by atoms with E-state index in [1.807, 2.05) is 30.3 Å². The second-order valence-corrected chi connectivity index (χ2v) is 4.80. The number of benzene rings is 2. The number of hydrogen-bond donors (Lipinski definition) is 1. The molecule has 0 radical (unpaired) electrons. The maximum Gasteiger partial charge on any atom is 0.00399 e. The highest BCUT2D eigenvalue weighted by molar-refractivity contribution is 7.80. The smallest absolute Gasteiger partial charge is 0.00399 e. The summed E-state index contributed by atoms with van der Waals surface area (Å²) in [6.07, 6.45) is 0. The molecule has 2 aromatic carbocycles. The molecule has 1 heteroatoms. The Kier molecular flexibility index (Phi) is 5.30. The fourth-order valence-corrected chi connectivity index (χ4v) is 1.69. The van der Waals surface area contributed by atoms with Crippen molar-refractivity contribution < 1.29 is 0 Å². The number of aryl methyl sites for hydroxylation is 2. The first-order valence-electron chi connectivity index (χ1n) is 5.79. The lowest BCUT2D eigenvalue weighted by atomic mass is 10.0. The fourth-order valence-electron chi connectivity index (χ4n) is 1.52. The first-order valence-corrected chi connectivity index (χ1v) is 6.24. The minimum atomic E-state index is 1.02. The highest BCUT2D eigenvalue weighted by Crippen LogP contribution is 2.15. The Labute approximate surface area is 110 Å². The van der Waals surface area contributed by atoms with Crippen molar-refractivity contribution in [2.45, 2.75) is 32.6 Å². The second kappa shape index (κ2) is 6.51. The summed E-state index contributed by atoms with van der Waals surface area (Å²) in [5.41, 5.74) is 5.64. The van der Waals surface area contributed by atoms with Gasteiger partial charge in [0.2, 0.25) is 0 Å². The molecule has 0 fully saturated rings. The third-order valence-electron chi connectivity index (χ3n) is 3.09. The molecule has 0 atom stereocenters. The Hall–Kier alpha value is -1.21. The van der Waals surface area contributed by atoms with Crippen molar-refractivity contribution in [3.63, 3.8) is 0 Å². The van der Waals surface area contributed by atoms with E-state index in [0.717, 1.165) is 4.90 Å². The minimum Gasteiger partial charge on any atom is -0.143 e. The van der Waals surface area contributed by atoms with Crippen molar-refractivity contribution in [2.24, 2.45) is 0 Å². The standard InChI is InChI=1S/C10H14.C6H6S/c1-7-5-6-8(2)10(4)9(7)3;7-6-4-2-1-3-5-6/h5-6H,1-4H3;1-5,7H. The molecule has 0 spiro atoms. The SMILES string of the molecule is Cc1ccc(C)c(C)c1C.Sc1ccccc1. The van der Waals surface area contributed by atoms with Gasteiger partial charge in [-0.05, 0) is 62.1 Å². The third kappa shape index (κ3) is 4.27. The van der Waals surface area contributed by atoms with E-state index in [4.69, 9.17) is 0 Å². The van der Waals surface area contributed by atoms with E-state index < -0.39 is 0 Å². The van der Waals surface area contributed by atoms with Crippen LogP contribution in [0.2, 0.25) is 0 Å². The van der Waals surface area contributed by atoms with Crippen LogP contribution in [0.3, 0.4) is 0 Å². The molecule has 0 nitrogen and oxygen atoms in total. The molecule has 0 saturated carbocycles. The maximum absolute atomic E-state index is 4.08. The molecule has 0 heterocycles. The highest BCUT2D eigenvalue weighted by Gasteiger charge is 1.97. The van der Waals surface area contributed by atoms with Crippen molar-refractivity contribution in [3.8, 4) is 0 Å². The molecule has 0 unspecified atom stereocenters. The Morgan fingerprint density at radius 3 is 1.35 bits per heavy atom. The van der Waals surface area contributed by atoms with Crippen molar-refractivity contribution in [1.82, 2.24) is 0 Å². The summed E-state index contributed by atoms with van der Waals surface area (Å²) >= 11 is 4.08. The molecule has 2 aromatic rings. The molecule has 0 bridgehead atoms. The van der Waals surface area contributed by atoms with Crippen LogP contribution in [0, 0.1) is 27.7 Å². The van der Waals surface area contributed by atoms with Gasteiger partial charge in [-0.2, -0.15) is 0 Å². The van der Waals surface area contributed by atoms with Gasteiger partial charge in [0.15, 0.2) is 0 Å². The molecule has 0 aliphatic carbocycles. The minimum absolute atomic E-state index is 1.02. The predicted octanol–water partition coefficient (Wildman–Crippen LogP) is 4.90. The quantitative estimate of drug-likeness (QED) is 0.626. The lowest BCUT2D eigenvalue weighted by Gasteiger charge is -2.06. The molecule has 2 rings (SSSR count). The zero-order valence-electron chi connectivity index (χ0n) is 11.0. The van der Waals surface area contributed by atoms with Crippen LogP contribution in [0.15, 0.2) is 47.4 Å². The number of thiol groups is 1. The number of rotatable bonds is 0. The van der Waals surface area contributed by atoms with Crippen LogP contribution >= 0.6 is 12.6 Å². The van der Waals surface area contributed by atoms with E-state index in [9.17, 15) is 0 Å². The fraction of sp³-hybridized carbons (Fsp3) is 0.250. The summed E-state index contributed by atoms with van der Waals surface area (Å²) in [6, 6.07) is 14.1. The van der Waals surface area contributed by atoms with Crippen LogP contribution in [0.25, 0.3) is 0 Å². The zero-order chi connectivity index (χ0) is 12.8. The summed E-state index contributed by atoms with van der Waals surface area (Å²) in [5, 5.41) is 0. The van der Waals surface area contributed by atoms with E-state index >= 15 is 0 Å². The Morgan fingerprint density at radius 1 is 0.647 bits per heavy atom. The van der Waals surface area contributed by atoms with Gasteiger partial charge in [-0.25, -0.2) is 0 Å². The first kappa shape index (κ1) is 13.9. The second-order valence-electron chi connectivity index (χ2n) is 4.28. The van der Waals surface area contributed by atoms with Gasteiger partial charge in [0.05, 0.1) is 0 Å². The van der Waals surface area contributed by atoms with E-state index in [2.05, 4.69) is 52.5 Å². The Morgan fingerprint density at radius 2 is 1.06 bits per heavy atom. The van der Waals surface area contributed by atoms with Crippen molar-refractivity contribution in [3.05, 3.63) is 64.7 Å². The molecule has 0 saturated heterocycles. The van der Waals surface area contributed by atoms with E-state index in [1.54, 1.807) is 0 Å². The van der Waals surface area contributed by atoms with Crippen LogP contribution in [0.5, 0.6) is 0 Å². The van der Waals surface area contributed by atoms with Gasteiger partial charge in [0, 0.05) is 4.90 Å². The largest absolute Gasteiger partial charge is 0.143 e. The summed E-state index contributed by atoms with van der Waals surface area (Å²) in [5.74, 6) is 0. The van der Waals surface area contributed by atoms with Crippen LogP contribution in [0.1, 0.15) is 22.3 Å². The maximum atomic E-state index is 4.08. The molecule has 0 aliphatic heterocycles. The van der Waals surface area contributed by atoms with Crippen LogP contribution in [0.4, 0.5) is 0 Å². The first-order chi connectivity index (χ1) is 8.02. The molecule has 17 heavy (non-hydrogen) atoms. The molecule has 0 aliphatic rings. The monoisotopic (exact) mass is 244 g/mol. The van der Waals surface area contributed by atoms with E-state index in [1.165, 1.54) is 22.3 Å². The molecular weight excluding hydrogens is 224 g/mol. The van der Waals surface area contributed by atoms with Crippen molar-refractivity contribution in [2.75, 3.05) is 0 Å². The van der Waals surface area contributed by atoms with Gasteiger partial charge >= 0.3 is 0 Å². The van der Waals surface area contributed by atoms with Gasteiger partial charge in [-0.15, -0.1) is 12.6 Å². The van der Waals surface area contributed by atoms with Crippen LogP contribution < -0.4 is 0 Å². The molecule has 0 N–H and O–H groups in total. The lowest BCUT2D eigenvalue weighted by Crippen LogP contribution is -1.88. The Bertz CT molecular complexity index is 445. The van der Waals surface area contributed by atoms with Crippen LogP contribution in [-0.4, -0.2) is 0 Å². The Balaban J connectivity index is 0.000000181. The summed E-state index contributed by atoms with van der Waals surface area (Å²) in [6.45, 7) is 8.67. The van der Waals surface area contributed by atoms with Gasteiger partial charge < -0.3 is 0 Å². The number of hydrogen-bond acceptors (Lipinski definition) is 1. The molecule has 0 amide bonds. The van der Waals surface area contributed by atoms with Crippen molar-refractivity contribution >= 4 is 12.6 Å². The third-order valence-corrected chi connectivity index (χ3v) is 3.38. The average Bonchev–Trinajstić information content (AvgIpc) is 2.33. The normalized spacial score (nSPS) is 9.47. The lowest BCUT2D eigenvalue weighted by molar-refractivity contribution is 1.22. The van der Waals surface area contributed by atoms with Gasteiger partial charge in [0.1, 0.15) is 0 Å². The average molecular weight is 244 g/mol. The van der Waals surface area contributed by atoms with E-state index in [-0.39, 0.29) is 0 Å².